The van der Waals surface area contributed by atoms with Gasteiger partial charge in [-0.25, -0.2) is 9.59 Å². The second-order valence-corrected chi connectivity index (χ2v) is 14.7. The zero-order valence-electron chi connectivity index (χ0n) is 31.4. The van der Waals surface area contributed by atoms with Crippen LogP contribution in [0.4, 0.5) is 21.0 Å². The van der Waals surface area contributed by atoms with Gasteiger partial charge in [0.1, 0.15) is 34.5 Å². The summed E-state index contributed by atoms with van der Waals surface area (Å²) in [4.78, 5) is 26.1. The fraction of sp³-hybridized carbons (Fsp3) is 0.208. The third kappa shape index (κ3) is 9.22. The Morgan fingerprint density at radius 3 is 1.21 bits per heavy atom. The monoisotopic (exact) mass is 760 g/mol. The number of rotatable bonds is 10. The number of phenols is 2. The summed E-state index contributed by atoms with van der Waals surface area (Å²) in [5.41, 5.74) is 6.21. The molecule has 0 aromatic heterocycles. The van der Waals surface area contributed by atoms with E-state index in [-0.39, 0.29) is 11.5 Å². The van der Waals surface area contributed by atoms with E-state index in [9.17, 15) is 19.8 Å². The summed E-state index contributed by atoms with van der Waals surface area (Å²) < 4.78 is 17.9. The minimum atomic E-state index is -0.633. The molecule has 0 spiro atoms. The molecule has 2 saturated carbocycles. The SMILES string of the molecule is O=C(Nc1ccc(Oc2ccc(NC(=O)Oc3ccc(C4CCCC4)cc3)cc2-c2ccc(O)cc2)c(-c2ccc(O)cc2)c1)Oc1ccc(C2CCCC2)cc1. The molecule has 0 unspecified atom stereocenters. The lowest BCUT2D eigenvalue weighted by atomic mass is 9.98. The molecule has 2 fully saturated rings. The molecule has 0 radical (unpaired) electrons. The summed E-state index contributed by atoms with van der Waals surface area (Å²) >= 11 is 0. The lowest BCUT2D eigenvalue weighted by Crippen LogP contribution is -2.17. The van der Waals surface area contributed by atoms with Crippen molar-refractivity contribution >= 4 is 23.6 Å². The third-order valence-corrected chi connectivity index (χ3v) is 10.9. The van der Waals surface area contributed by atoms with Crippen molar-refractivity contribution in [3.05, 3.63) is 145 Å². The second kappa shape index (κ2) is 17.0. The van der Waals surface area contributed by atoms with Crippen LogP contribution in [0.2, 0.25) is 0 Å². The van der Waals surface area contributed by atoms with E-state index in [4.69, 9.17) is 14.2 Å². The number of phenolic OH excluding ortho intramolecular Hbond substituents is 2. The standard InChI is InChI=1S/C48H44N2O7/c51-39-19-9-35(10-20-39)43-29-37(49-47(53)55-41-23-13-33(14-24-41)31-5-1-2-6-31)17-27-45(43)57-46-28-18-38(30-44(46)36-11-21-40(52)22-12-36)50-48(54)56-42-25-15-34(16-26-42)32-7-3-4-8-32/h9-32,51-52H,1-8H2,(H,49,53)(H,50,54). The summed E-state index contributed by atoms with van der Waals surface area (Å²) in [6, 6.07) is 39.3. The van der Waals surface area contributed by atoms with Gasteiger partial charge >= 0.3 is 12.2 Å². The number of ether oxygens (including phenoxy) is 3. The summed E-state index contributed by atoms with van der Waals surface area (Å²) in [7, 11) is 0. The van der Waals surface area contributed by atoms with E-state index < -0.39 is 12.2 Å². The van der Waals surface area contributed by atoms with Crippen LogP contribution in [0.3, 0.4) is 0 Å². The smallest absolute Gasteiger partial charge is 0.417 e. The minimum Gasteiger partial charge on any atom is -0.508 e. The molecule has 6 aromatic carbocycles. The first kappa shape index (κ1) is 37.2. The average molecular weight is 761 g/mol. The van der Waals surface area contributed by atoms with E-state index in [2.05, 4.69) is 10.6 Å². The molecule has 0 aliphatic heterocycles. The number of amides is 2. The first-order chi connectivity index (χ1) is 27.8. The molecule has 4 N–H and O–H groups in total. The van der Waals surface area contributed by atoms with Crippen molar-refractivity contribution in [2.24, 2.45) is 0 Å². The van der Waals surface area contributed by atoms with Gasteiger partial charge in [0.25, 0.3) is 0 Å². The van der Waals surface area contributed by atoms with Gasteiger partial charge in [0, 0.05) is 22.5 Å². The molecule has 57 heavy (non-hydrogen) atoms. The number of anilines is 2. The molecule has 2 aliphatic rings. The highest BCUT2D eigenvalue weighted by Crippen LogP contribution is 2.42. The molecule has 288 valence electrons. The Hall–Kier alpha value is -6.74. The molecule has 0 saturated heterocycles. The number of nitrogens with one attached hydrogen (secondary N) is 2. The number of carbonyl (C=O) groups is 2. The summed E-state index contributed by atoms with van der Waals surface area (Å²) in [6.07, 6.45) is 8.49. The summed E-state index contributed by atoms with van der Waals surface area (Å²) in [5, 5.41) is 25.8. The van der Waals surface area contributed by atoms with Crippen molar-refractivity contribution in [2.45, 2.75) is 63.2 Å². The maximum atomic E-state index is 13.0. The first-order valence-electron chi connectivity index (χ1n) is 19.6. The predicted octanol–water partition coefficient (Wildman–Crippen LogP) is 12.8. The van der Waals surface area contributed by atoms with Gasteiger partial charge in [0.05, 0.1) is 0 Å². The Morgan fingerprint density at radius 2 is 0.842 bits per heavy atom. The molecule has 0 bridgehead atoms. The average Bonchev–Trinajstić information content (AvgIpc) is 3.97. The largest absolute Gasteiger partial charge is 0.508 e. The van der Waals surface area contributed by atoms with Crippen LogP contribution in [0.15, 0.2) is 133 Å². The molecular weight excluding hydrogens is 717 g/mol. The van der Waals surface area contributed by atoms with Gasteiger partial charge in [-0.2, -0.15) is 0 Å². The molecule has 2 aliphatic carbocycles. The number of hydrogen-bond acceptors (Lipinski definition) is 7. The molecule has 2 amide bonds. The second-order valence-electron chi connectivity index (χ2n) is 14.7. The van der Waals surface area contributed by atoms with Crippen molar-refractivity contribution in [3.63, 3.8) is 0 Å². The molecular formula is C48H44N2O7. The fourth-order valence-electron chi connectivity index (χ4n) is 7.88. The molecule has 0 heterocycles. The lowest BCUT2D eigenvalue weighted by molar-refractivity contribution is 0.214. The summed E-state index contributed by atoms with van der Waals surface area (Å²) in [5.74, 6) is 3.18. The topological polar surface area (TPSA) is 126 Å². The molecule has 0 atom stereocenters. The van der Waals surface area contributed by atoms with E-state index in [1.165, 1.54) is 62.5 Å². The lowest BCUT2D eigenvalue weighted by Gasteiger charge is -2.18. The van der Waals surface area contributed by atoms with Gasteiger partial charge < -0.3 is 24.4 Å². The highest BCUT2D eigenvalue weighted by atomic mass is 16.6. The normalized spacial score (nSPS) is 14.2. The fourth-order valence-corrected chi connectivity index (χ4v) is 7.88. The molecule has 8 rings (SSSR count). The van der Waals surface area contributed by atoms with Crippen LogP contribution in [-0.4, -0.2) is 22.4 Å². The van der Waals surface area contributed by atoms with Crippen molar-refractivity contribution in [1.82, 2.24) is 0 Å². The zero-order valence-corrected chi connectivity index (χ0v) is 31.4. The minimum absolute atomic E-state index is 0.107. The predicted molar refractivity (Wildman–Crippen MR) is 222 cm³/mol. The van der Waals surface area contributed by atoms with Crippen LogP contribution in [0.1, 0.15) is 74.3 Å². The van der Waals surface area contributed by atoms with E-state index in [0.29, 0.717) is 57.3 Å². The number of carbonyl (C=O) groups excluding carboxylic acids is 2. The van der Waals surface area contributed by atoms with Crippen LogP contribution in [0, 0.1) is 0 Å². The highest BCUT2D eigenvalue weighted by Gasteiger charge is 2.20. The first-order valence-corrected chi connectivity index (χ1v) is 19.6. The maximum Gasteiger partial charge on any atom is 0.417 e. The van der Waals surface area contributed by atoms with Gasteiger partial charge in [-0.15, -0.1) is 0 Å². The Bertz CT molecular complexity index is 2160. The van der Waals surface area contributed by atoms with Gasteiger partial charge in [-0.3, -0.25) is 10.6 Å². The molecule has 9 heteroatoms. The van der Waals surface area contributed by atoms with Crippen LogP contribution >= 0.6 is 0 Å². The highest BCUT2D eigenvalue weighted by molar-refractivity contribution is 5.90. The van der Waals surface area contributed by atoms with Gasteiger partial charge in [0.2, 0.25) is 0 Å². The van der Waals surface area contributed by atoms with Gasteiger partial charge in [0.15, 0.2) is 0 Å². The van der Waals surface area contributed by atoms with E-state index in [1.807, 2.05) is 48.5 Å². The van der Waals surface area contributed by atoms with E-state index in [1.54, 1.807) is 84.9 Å². The van der Waals surface area contributed by atoms with E-state index >= 15 is 0 Å². The number of benzene rings is 6. The number of aromatic hydroxyl groups is 2. The van der Waals surface area contributed by atoms with Crippen LogP contribution in [0.25, 0.3) is 22.3 Å². The Balaban J connectivity index is 1.02. The van der Waals surface area contributed by atoms with Crippen molar-refractivity contribution in [2.75, 3.05) is 10.6 Å². The zero-order chi connectivity index (χ0) is 39.1. The summed E-state index contributed by atoms with van der Waals surface area (Å²) in [6.45, 7) is 0. The van der Waals surface area contributed by atoms with Crippen molar-refractivity contribution in [3.8, 4) is 56.8 Å². The van der Waals surface area contributed by atoms with Gasteiger partial charge in [-0.1, -0.05) is 74.2 Å². The number of hydrogen-bond donors (Lipinski definition) is 4. The van der Waals surface area contributed by atoms with Gasteiger partial charge in [-0.05, 0) is 145 Å². The Kier molecular flexibility index (Phi) is 11.1. The third-order valence-electron chi connectivity index (χ3n) is 10.9. The van der Waals surface area contributed by atoms with Crippen LogP contribution < -0.4 is 24.8 Å². The Labute approximate surface area is 331 Å². The van der Waals surface area contributed by atoms with Crippen molar-refractivity contribution in [1.29, 1.82) is 0 Å². The van der Waals surface area contributed by atoms with Crippen LogP contribution in [-0.2, 0) is 0 Å². The van der Waals surface area contributed by atoms with E-state index in [0.717, 1.165) is 11.1 Å². The molecule has 6 aromatic rings. The van der Waals surface area contributed by atoms with Crippen molar-refractivity contribution < 1.29 is 34.0 Å². The maximum absolute atomic E-state index is 13.0. The quantitative estimate of drug-likeness (QED) is 0.109. The Morgan fingerprint density at radius 1 is 0.474 bits per heavy atom. The van der Waals surface area contributed by atoms with Crippen LogP contribution in [0.5, 0.6) is 34.5 Å². The molecule has 9 nitrogen and oxygen atoms in total.